The second-order valence-electron chi connectivity index (χ2n) is 4.46. The first-order chi connectivity index (χ1) is 7.50. The van der Waals surface area contributed by atoms with E-state index in [1.807, 2.05) is 6.07 Å². The van der Waals surface area contributed by atoms with Crippen molar-refractivity contribution in [1.82, 2.24) is 0 Å². The van der Waals surface area contributed by atoms with Gasteiger partial charge in [0, 0.05) is 16.1 Å². The Labute approximate surface area is 102 Å². The highest BCUT2D eigenvalue weighted by molar-refractivity contribution is 9.10. The van der Waals surface area contributed by atoms with E-state index in [1.165, 1.54) is 12.5 Å². The Morgan fingerprint density at radius 2 is 2.19 bits per heavy atom. The summed E-state index contributed by atoms with van der Waals surface area (Å²) in [6.45, 7) is 2.10. The number of nitrogens with zero attached hydrogens (tertiary/aromatic N) is 1. The summed E-state index contributed by atoms with van der Waals surface area (Å²) in [5.74, 6) is 0. The third kappa shape index (κ3) is 2.19. The smallest absolute Gasteiger partial charge is 0.293 e. The molecule has 0 heterocycles. The largest absolute Gasteiger partial charge is 0.374 e. The topological polar surface area (TPSA) is 55.2 Å². The first-order valence-electron chi connectivity index (χ1n) is 5.22. The van der Waals surface area contributed by atoms with Gasteiger partial charge in [-0.1, -0.05) is 15.9 Å². The van der Waals surface area contributed by atoms with Crippen LogP contribution in [0, 0.1) is 10.1 Å². The Balaban J connectivity index is 2.29. The van der Waals surface area contributed by atoms with E-state index in [2.05, 4.69) is 28.2 Å². The summed E-state index contributed by atoms with van der Waals surface area (Å²) in [5.41, 5.74) is 0.761. The number of nitro groups is 1. The number of benzene rings is 1. The van der Waals surface area contributed by atoms with Gasteiger partial charge in [-0.05, 0) is 38.3 Å². The van der Waals surface area contributed by atoms with Crippen LogP contribution < -0.4 is 5.32 Å². The van der Waals surface area contributed by atoms with Gasteiger partial charge < -0.3 is 5.32 Å². The Morgan fingerprint density at radius 1 is 1.50 bits per heavy atom. The number of anilines is 1. The minimum atomic E-state index is -0.352. The van der Waals surface area contributed by atoms with Crippen molar-refractivity contribution < 1.29 is 4.92 Å². The van der Waals surface area contributed by atoms with Gasteiger partial charge in [0.05, 0.1) is 4.92 Å². The van der Waals surface area contributed by atoms with Crippen molar-refractivity contribution in [2.75, 3.05) is 5.32 Å². The maximum atomic E-state index is 10.9. The average Bonchev–Trinajstić information content (AvgIpc) is 2.18. The van der Waals surface area contributed by atoms with E-state index >= 15 is 0 Å². The van der Waals surface area contributed by atoms with Crippen molar-refractivity contribution in [3.63, 3.8) is 0 Å². The number of nitro benzene ring substituents is 1. The van der Waals surface area contributed by atoms with Crippen molar-refractivity contribution in [3.05, 3.63) is 32.8 Å². The van der Waals surface area contributed by atoms with E-state index in [0.29, 0.717) is 5.69 Å². The summed E-state index contributed by atoms with van der Waals surface area (Å²) < 4.78 is 0.725. The predicted octanol–water partition coefficient (Wildman–Crippen LogP) is 3.71. The number of hydrogen-bond acceptors (Lipinski definition) is 3. The zero-order valence-corrected chi connectivity index (χ0v) is 10.6. The molecule has 1 aromatic carbocycles. The quantitative estimate of drug-likeness (QED) is 0.680. The van der Waals surface area contributed by atoms with Crippen molar-refractivity contribution >= 4 is 27.3 Å². The molecule has 86 valence electrons. The van der Waals surface area contributed by atoms with Gasteiger partial charge in [-0.25, -0.2) is 0 Å². The van der Waals surface area contributed by atoms with Gasteiger partial charge in [0.25, 0.3) is 5.69 Å². The molecule has 4 nitrogen and oxygen atoms in total. The minimum absolute atomic E-state index is 0.0264. The van der Waals surface area contributed by atoms with Crippen LogP contribution in [0.2, 0.25) is 0 Å². The van der Waals surface area contributed by atoms with Crippen LogP contribution in [0.15, 0.2) is 22.7 Å². The van der Waals surface area contributed by atoms with Crippen LogP contribution in [-0.4, -0.2) is 10.5 Å². The standard InChI is InChI=1S/C11H13BrN2O2/c1-11(5-2-6-11)13-9-4-3-8(12)7-10(9)14(15)16/h3-4,7,13H,2,5-6H2,1H3. The summed E-state index contributed by atoms with van der Waals surface area (Å²) in [6, 6.07) is 5.10. The lowest BCUT2D eigenvalue weighted by Crippen LogP contribution is -2.41. The average molecular weight is 285 g/mol. The lowest BCUT2D eigenvalue weighted by Gasteiger charge is -2.39. The molecule has 2 rings (SSSR count). The van der Waals surface area contributed by atoms with Gasteiger partial charge in [-0.15, -0.1) is 0 Å². The summed E-state index contributed by atoms with van der Waals surface area (Å²) in [7, 11) is 0. The lowest BCUT2D eigenvalue weighted by molar-refractivity contribution is -0.384. The van der Waals surface area contributed by atoms with Crippen LogP contribution in [-0.2, 0) is 0 Å². The highest BCUT2D eigenvalue weighted by Gasteiger charge is 2.33. The van der Waals surface area contributed by atoms with Gasteiger partial charge in [-0.2, -0.15) is 0 Å². The molecule has 0 atom stereocenters. The van der Waals surface area contributed by atoms with E-state index in [-0.39, 0.29) is 16.1 Å². The first kappa shape index (κ1) is 11.4. The van der Waals surface area contributed by atoms with Crippen molar-refractivity contribution in [1.29, 1.82) is 0 Å². The fraction of sp³-hybridized carbons (Fsp3) is 0.455. The van der Waals surface area contributed by atoms with E-state index in [1.54, 1.807) is 6.07 Å². The van der Waals surface area contributed by atoms with E-state index in [0.717, 1.165) is 17.3 Å². The molecular formula is C11H13BrN2O2. The van der Waals surface area contributed by atoms with Gasteiger partial charge >= 0.3 is 0 Å². The summed E-state index contributed by atoms with van der Waals surface area (Å²) in [4.78, 5) is 10.6. The van der Waals surface area contributed by atoms with Gasteiger partial charge in [0.2, 0.25) is 0 Å². The molecule has 0 saturated heterocycles. The highest BCUT2D eigenvalue weighted by Crippen LogP contribution is 2.38. The van der Waals surface area contributed by atoms with Gasteiger partial charge in [0.15, 0.2) is 0 Å². The molecular weight excluding hydrogens is 272 g/mol. The second-order valence-corrected chi connectivity index (χ2v) is 5.37. The molecule has 5 heteroatoms. The van der Waals surface area contributed by atoms with Crippen LogP contribution in [0.3, 0.4) is 0 Å². The minimum Gasteiger partial charge on any atom is -0.374 e. The molecule has 0 radical (unpaired) electrons. The van der Waals surface area contributed by atoms with E-state index < -0.39 is 0 Å². The number of halogens is 1. The SMILES string of the molecule is CC1(Nc2ccc(Br)cc2[N+](=O)[O-])CCC1. The molecule has 0 amide bonds. The van der Waals surface area contributed by atoms with Crippen LogP contribution in [0.5, 0.6) is 0 Å². The van der Waals surface area contributed by atoms with Crippen LogP contribution in [0.1, 0.15) is 26.2 Å². The zero-order valence-electron chi connectivity index (χ0n) is 9.00. The van der Waals surface area contributed by atoms with Crippen molar-refractivity contribution in [3.8, 4) is 0 Å². The fourth-order valence-electron chi connectivity index (χ4n) is 1.92. The molecule has 1 aliphatic rings. The molecule has 16 heavy (non-hydrogen) atoms. The van der Waals surface area contributed by atoms with Crippen LogP contribution >= 0.6 is 15.9 Å². The molecule has 0 aliphatic heterocycles. The van der Waals surface area contributed by atoms with Gasteiger partial charge in [-0.3, -0.25) is 10.1 Å². The number of rotatable bonds is 3. The van der Waals surface area contributed by atoms with Crippen LogP contribution in [0.4, 0.5) is 11.4 Å². The van der Waals surface area contributed by atoms with Crippen LogP contribution in [0.25, 0.3) is 0 Å². The normalized spacial score (nSPS) is 17.6. The van der Waals surface area contributed by atoms with Gasteiger partial charge in [0.1, 0.15) is 5.69 Å². The van der Waals surface area contributed by atoms with Crippen molar-refractivity contribution in [2.45, 2.75) is 31.7 Å². The maximum Gasteiger partial charge on any atom is 0.293 e. The molecule has 1 saturated carbocycles. The molecule has 1 aliphatic carbocycles. The number of nitrogens with one attached hydrogen (secondary N) is 1. The first-order valence-corrected chi connectivity index (χ1v) is 6.02. The zero-order chi connectivity index (χ0) is 11.8. The molecule has 0 spiro atoms. The second kappa shape index (κ2) is 4.05. The summed E-state index contributed by atoms with van der Waals surface area (Å²) >= 11 is 3.24. The fourth-order valence-corrected chi connectivity index (χ4v) is 2.27. The monoisotopic (exact) mass is 284 g/mol. The highest BCUT2D eigenvalue weighted by atomic mass is 79.9. The molecule has 1 aromatic rings. The van der Waals surface area contributed by atoms with E-state index in [4.69, 9.17) is 0 Å². The Morgan fingerprint density at radius 3 is 2.69 bits per heavy atom. The predicted molar refractivity (Wildman–Crippen MR) is 66.7 cm³/mol. The Hall–Kier alpha value is -1.10. The van der Waals surface area contributed by atoms with Crippen molar-refractivity contribution in [2.24, 2.45) is 0 Å². The Kier molecular flexibility index (Phi) is 2.88. The molecule has 1 fully saturated rings. The Bertz CT molecular complexity index is 430. The molecule has 1 N–H and O–H groups in total. The lowest BCUT2D eigenvalue weighted by atomic mass is 9.78. The molecule has 0 aromatic heterocycles. The number of hydrogen-bond donors (Lipinski definition) is 1. The molecule has 0 bridgehead atoms. The van der Waals surface area contributed by atoms with E-state index in [9.17, 15) is 10.1 Å². The maximum absolute atomic E-state index is 10.9. The molecule has 0 unspecified atom stereocenters. The third-order valence-electron chi connectivity index (χ3n) is 3.05. The summed E-state index contributed by atoms with van der Waals surface area (Å²) in [5, 5.41) is 14.2. The summed E-state index contributed by atoms with van der Waals surface area (Å²) in [6.07, 6.45) is 3.33. The third-order valence-corrected chi connectivity index (χ3v) is 3.54.